The van der Waals surface area contributed by atoms with E-state index in [0.29, 0.717) is 43.7 Å². The minimum atomic E-state index is -0.861. The smallest absolute Gasteiger partial charge is 0.104 e. The molecule has 1 aliphatic heterocycles. The van der Waals surface area contributed by atoms with Gasteiger partial charge in [-0.3, -0.25) is 4.90 Å². The second kappa shape index (κ2) is 12.7. The predicted molar refractivity (Wildman–Crippen MR) is 116 cm³/mol. The molecule has 6 heteroatoms. The van der Waals surface area contributed by atoms with Gasteiger partial charge in [0.15, 0.2) is 0 Å². The van der Waals surface area contributed by atoms with E-state index in [1.54, 1.807) is 0 Å². The Morgan fingerprint density at radius 3 is 2.47 bits per heavy atom. The van der Waals surface area contributed by atoms with E-state index in [1.807, 2.05) is 0 Å². The highest BCUT2D eigenvalue weighted by Crippen LogP contribution is 2.41. The van der Waals surface area contributed by atoms with Crippen molar-refractivity contribution in [3.05, 3.63) is 0 Å². The molecule has 6 atom stereocenters. The first-order valence-corrected chi connectivity index (χ1v) is 12.5. The summed E-state index contributed by atoms with van der Waals surface area (Å²) in [4.78, 5) is 2.09. The van der Waals surface area contributed by atoms with Gasteiger partial charge < -0.3 is 20.1 Å². The molecule has 176 valence electrons. The number of piperidine rings is 1. The summed E-state index contributed by atoms with van der Waals surface area (Å²) in [5, 5.41) is 29.3. The average Bonchev–Trinajstić information content (AvgIpc) is 2.76. The lowest BCUT2D eigenvalue weighted by atomic mass is 9.70. The van der Waals surface area contributed by atoms with Gasteiger partial charge in [0.1, 0.15) is 6.17 Å². The van der Waals surface area contributed by atoms with Gasteiger partial charge in [-0.1, -0.05) is 32.1 Å². The molecule has 2 aliphatic carbocycles. The van der Waals surface area contributed by atoms with Crippen molar-refractivity contribution in [1.29, 1.82) is 0 Å². The van der Waals surface area contributed by atoms with Crippen molar-refractivity contribution in [2.75, 3.05) is 32.9 Å². The van der Waals surface area contributed by atoms with Crippen LogP contribution < -0.4 is 0 Å². The molecule has 0 aromatic carbocycles. The Hall–Kier alpha value is -0.270. The Morgan fingerprint density at radius 1 is 0.933 bits per heavy atom. The molecule has 3 aliphatic rings. The normalized spacial score (nSPS) is 36.8. The molecule has 3 rings (SSSR count). The van der Waals surface area contributed by atoms with E-state index in [-0.39, 0.29) is 12.6 Å². The summed E-state index contributed by atoms with van der Waals surface area (Å²) in [6, 6.07) is -0.359. The zero-order valence-electron chi connectivity index (χ0n) is 18.6. The van der Waals surface area contributed by atoms with Gasteiger partial charge >= 0.3 is 0 Å². The molecule has 1 heterocycles. The highest BCUT2D eigenvalue weighted by atomic mass is 19.1. The van der Waals surface area contributed by atoms with Gasteiger partial charge in [-0.05, 0) is 69.2 Å². The van der Waals surface area contributed by atoms with E-state index in [4.69, 9.17) is 4.74 Å². The van der Waals surface area contributed by atoms with Crippen LogP contribution in [0.2, 0.25) is 0 Å². The summed E-state index contributed by atoms with van der Waals surface area (Å²) in [5.41, 5.74) is 0. The third-order valence-electron chi connectivity index (χ3n) is 7.93. The summed E-state index contributed by atoms with van der Waals surface area (Å²) in [7, 11) is 0. The number of unbranched alkanes of at least 4 members (excludes halogenated alkanes) is 2. The first-order chi connectivity index (χ1) is 14.6. The van der Waals surface area contributed by atoms with E-state index < -0.39 is 18.4 Å². The van der Waals surface area contributed by atoms with Crippen LogP contribution in [0.4, 0.5) is 4.39 Å². The van der Waals surface area contributed by atoms with Gasteiger partial charge in [0.2, 0.25) is 0 Å². The minimum Gasteiger partial charge on any atom is -0.395 e. The van der Waals surface area contributed by atoms with Crippen LogP contribution in [-0.4, -0.2) is 77.6 Å². The Kier molecular flexibility index (Phi) is 10.3. The molecule has 6 unspecified atom stereocenters. The third-order valence-corrected chi connectivity index (χ3v) is 7.93. The molecule has 0 amide bonds. The van der Waals surface area contributed by atoms with E-state index in [9.17, 15) is 19.7 Å². The van der Waals surface area contributed by atoms with Crippen LogP contribution in [-0.2, 0) is 4.74 Å². The number of likely N-dealkylation sites (tertiary alicyclic amines) is 1. The first-order valence-electron chi connectivity index (χ1n) is 12.5. The summed E-state index contributed by atoms with van der Waals surface area (Å²) in [6.07, 6.45) is 10.6. The summed E-state index contributed by atoms with van der Waals surface area (Å²) in [6.45, 7) is 2.84. The van der Waals surface area contributed by atoms with Crippen LogP contribution in [0, 0.1) is 17.8 Å². The van der Waals surface area contributed by atoms with Crippen molar-refractivity contribution in [3.8, 4) is 0 Å². The van der Waals surface area contributed by atoms with Crippen molar-refractivity contribution in [2.24, 2.45) is 17.8 Å². The Bertz CT molecular complexity index is 476. The van der Waals surface area contributed by atoms with Crippen molar-refractivity contribution < 1.29 is 24.4 Å². The highest BCUT2D eigenvalue weighted by Gasteiger charge is 2.36. The lowest BCUT2D eigenvalue weighted by molar-refractivity contribution is -0.0897. The number of aliphatic hydroxyl groups is 3. The number of hydrogen-bond donors (Lipinski definition) is 3. The molecule has 1 saturated heterocycles. The van der Waals surface area contributed by atoms with Crippen molar-refractivity contribution in [1.82, 2.24) is 4.90 Å². The van der Waals surface area contributed by atoms with Crippen LogP contribution in [0.3, 0.4) is 0 Å². The molecule has 0 aromatic heterocycles. The number of nitrogens with zero attached hydrogens (tertiary/aromatic N) is 1. The third kappa shape index (κ3) is 6.86. The zero-order chi connectivity index (χ0) is 21.3. The first kappa shape index (κ1) is 24.4. The van der Waals surface area contributed by atoms with Gasteiger partial charge in [-0.15, -0.1) is 0 Å². The molecular formula is C24H44FNO4. The molecule has 30 heavy (non-hydrogen) atoms. The monoisotopic (exact) mass is 429 g/mol. The molecular weight excluding hydrogens is 385 g/mol. The fourth-order valence-electron chi connectivity index (χ4n) is 6.02. The standard InChI is InChI=1S/C24H44FNO4/c25-21-15-18(9-10-20(21)19-7-3-1-4-8-19)17-30-14-6-2-5-12-26-13-11-23(28)24(29)22(26)16-27/h18-24,27-29H,1-17H2. The predicted octanol–water partition coefficient (Wildman–Crippen LogP) is 3.30. The minimum absolute atomic E-state index is 0.125. The van der Waals surface area contributed by atoms with Gasteiger partial charge in [0, 0.05) is 19.8 Å². The number of rotatable bonds is 10. The lowest BCUT2D eigenvalue weighted by Gasteiger charge is -2.40. The molecule has 5 nitrogen and oxygen atoms in total. The van der Waals surface area contributed by atoms with Crippen LogP contribution in [0.1, 0.15) is 77.0 Å². The number of ether oxygens (including phenoxy) is 1. The Balaban J connectivity index is 1.22. The van der Waals surface area contributed by atoms with Crippen LogP contribution in [0.15, 0.2) is 0 Å². The lowest BCUT2D eigenvalue weighted by Crippen LogP contribution is -2.56. The van der Waals surface area contributed by atoms with Gasteiger partial charge in [0.25, 0.3) is 0 Å². The van der Waals surface area contributed by atoms with E-state index >= 15 is 0 Å². The second-order valence-electron chi connectivity index (χ2n) is 10.0. The fraction of sp³-hybridized carbons (Fsp3) is 1.00. The average molecular weight is 430 g/mol. The molecule has 0 bridgehead atoms. The van der Waals surface area contributed by atoms with Gasteiger partial charge in [0.05, 0.1) is 24.9 Å². The van der Waals surface area contributed by atoms with E-state index in [1.165, 1.54) is 32.1 Å². The van der Waals surface area contributed by atoms with Crippen molar-refractivity contribution in [2.45, 2.75) is 101 Å². The molecule has 3 N–H and O–H groups in total. The summed E-state index contributed by atoms with van der Waals surface area (Å²) < 4.78 is 20.6. The zero-order valence-corrected chi connectivity index (χ0v) is 18.6. The summed E-state index contributed by atoms with van der Waals surface area (Å²) >= 11 is 0. The topological polar surface area (TPSA) is 73.2 Å². The van der Waals surface area contributed by atoms with Gasteiger partial charge in [-0.25, -0.2) is 4.39 Å². The maximum atomic E-state index is 14.7. The molecule has 3 fully saturated rings. The number of aliphatic hydroxyl groups excluding tert-OH is 3. The van der Waals surface area contributed by atoms with Gasteiger partial charge in [-0.2, -0.15) is 0 Å². The summed E-state index contributed by atoms with van der Waals surface area (Å²) in [5.74, 6) is 1.32. The highest BCUT2D eigenvalue weighted by molar-refractivity contribution is 4.89. The van der Waals surface area contributed by atoms with Crippen LogP contribution >= 0.6 is 0 Å². The largest absolute Gasteiger partial charge is 0.395 e. The maximum Gasteiger partial charge on any atom is 0.104 e. The fourth-order valence-corrected chi connectivity index (χ4v) is 6.02. The van der Waals surface area contributed by atoms with E-state index in [0.717, 1.165) is 45.3 Å². The number of halogens is 1. The quantitative estimate of drug-likeness (QED) is 0.465. The Labute approximate surface area is 182 Å². The molecule has 0 radical (unpaired) electrons. The van der Waals surface area contributed by atoms with E-state index in [2.05, 4.69) is 4.90 Å². The molecule has 0 aromatic rings. The van der Waals surface area contributed by atoms with Crippen LogP contribution in [0.25, 0.3) is 0 Å². The van der Waals surface area contributed by atoms with Crippen LogP contribution in [0.5, 0.6) is 0 Å². The van der Waals surface area contributed by atoms with Crippen molar-refractivity contribution in [3.63, 3.8) is 0 Å². The molecule has 2 saturated carbocycles. The Morgan fingerprint density at radius 2 is 1.73 bits per heavy atom. The SMILES string of the molecule is OCC1C(O)C(O)CCN1CCCCCOCC1CCC(C2CCCCC2)C(F)C1. The second-order valence-corrected chi connectivity index (χ2v) is 10.0. The number of alkyl halides is 1. The number of hydrogen-bond acceptors (Lipinski definition) is 5. The van der Waals surface area contributed by atoms with Crippen molar-refractivity contribution >= 4 is 0 Å². The molecule has 0 spiro atoms. The maximum absolute atomic E-state index is 14.7.